The van der Waals surface area contributed by atoms with Gasteiger partial charge in [-0.2, -0.15) is 10.2 Å². The first-order chi connectivity index (χ1) is 19.9. The van der Waals surface area contributed by atoms with Crippen LogP contribution in [0.15, 0.2) is 65.7 Å². The van der Waals surface area contributed by atoms with E-state index in [1.165, 1.54) is 0 Å². The number of carbonyl (C=O) groups excluding carboxylic acids is 1. The summed E-state index contributed by atoms with van der Waals surface area (Å²) in [5.41, 5.74) is 3.42. The van der Waals surface area contributed by atoms with Gasteiger partial charge < -0.3 is 24.8 Å². The SMILES string of the molecule is CCNC(=O)[C@H]1O[C@@H](C2C=Nc3c(NCC(c4ccccc4)c4ccccc4)nc(C#N)nc32)[C@@H]2OC(C)(C)O[C@@H]21. The zero-order chi connectivity index (χ0) is 28.6. The normalized spacial score (nSPS) is 25.5. The Labute approximate surface area is 238 Å². The van der Waals surface area contributed by atoms with E-state index in [0.29, 0.717) is 30.3 Å². The highest BCUT2D eigenvalue weighted by Gasteiger charge is 2.59. The minimum absolute atomic E-state index is 0.0245. The second kappa shape index (κ2) is 11.0. The lowest BCUT2D eigenvalue weighted by Gasteiger charge is -2.26. The number of nitrogens with one attached hydrogen (secondary N) is 2. The molecular weight excluding hydrogens is 520 g/mol. The summed E-state index contributed by atoms with van der Waals surface area (Å²) in [6.07, 6.45) is -0.774. The zero-order valence-corrected chi connectivity index (χ0v) is 23.2. The Morgan fingerprint density at radius 3 is 2.29 bits per heavy atom. The van der Waals surface area contributed by atoms with Gasteiger partial charge >= 0.3 is 0 Å². The summed E-state index contributed by atoms with van der Waals surface area (Å²) >= 11 is 0. The molecule has 3 aliphatic heterocycles. The topological polar surface area (TPSA) is 131 Å². The fraction of sp³-hybridized carbons (Fsp3) is 0.387. The Hall–Kier alpha value is -4.17. The lowest BCUT2D eigenvalue weighted by atomic mass is 9.91. The van der Waals surface area contributed by atoms with Crippen LogP contribution >= 0.6 is 0 Å². The molecule has 3 aromatic rings. The van der Waals surface area contributed by atoms with E-state index in [1.54, 1.807) is 6.21 Å². The summed E-state index contributed by atoms with van der Waals surface area (Å²) in [7, 11) is 0. The third kappa shape index (κ3) is 5.20. The highest BCUT2D eigenvalue weighted by atomic mass is 16.8. The van der Waals surface area contributed by atoms with Crippen LogP contribution in [0.2, 0.25) is 0 Å². The Balaban J connectivity index is 1.30. The summed E-state index contributed by atoms with van der Waals surface area (Å²) in [6.45, 7) is 6.49. The van der Waals surface area contributed by atoms with E-state index >= 15 is 0 Å². The number of aliphatic imine (C=N–C) groups is 1. The Morgan fingerprint density at radius 1 is 1.00 bits per heavy atom. The number of fused-ring (bicyclic) bond motifs is 2. The van der Waals surface area contributed by atoms with Gasteiger partial charge in [0, 0.05) is 25.2 Å². The number of benzene rings is 2. The molecule has 0 spiro atoms. The Bertz CT molecular complexity index is 1450. The maximum atomic E-state index is 12.9. The van der Waals surface area contributed by atoms with Crippen molar-refractivity contribution in [2.24, 2.45) is 4.99 Å². The van der Waals surface area contributed by atoms with Crippen LogP contribution in [0, 0.1) is 11.3 Å². The molecule has 1 aromatic heterocycles. The summed E-state index contributed by atoms with van der Waals surface area (Å²) in [5.74, 6) is -1.04. The van der Waals surface area contributed by atoms with Gasteiger partial charge in [-0.25, -0.2) is 4.98 Å². The molecule has 0 radical (unpaired) electrons. The van der Waals surface area contributed by atoms with Gasteiger partial charge in [0.15, 0.2) is 17.7 Å². The van der Waals surface area contributed by atoms with Gasteiger partial charge in [-0.15, -0.1) is 0 Å². The highest BCUT2D eigenvalue weighted by Crippen LogP contribution is 2.47. The Morgan fingerprint density at radius 2 is 1.66 bits per heavy atom. The van der Waals surface area contributed by atoms with Crippen molar-refractivity contribution in [1.29, 1.82) is 5.26 Å². The van der Waals surface area contributed by atoms with E-state index in [4.69, 9.17) is 14.2 Å². The number of aromatic nitrogens is 2. The number of anilines is 1. The van der Waals surface area contributed by atoms with Crippen molar-refractivity contribution in [3.8, 4) is 6.07 Å². The molecule has 10 nitrogen and oxygen atoms in total. The molecule has 2 fully saturated rings. The van der Waals surface area contributed by atoms with Gasteiger partial charge in [0.2, 0.25) is 5.82 Å². The van der Waals surface area contributed by atoms with Crippen LogP contribution in [0.25, 0.3) is 0 Å². The highest BCUT2D eigenvalue weighted by molar-refractivity contribution is 5.86. The van der Waals surface area contributed by atoms with Crippen molar-refractivity contribution in [2.45, 2.75) is 62.8 Å². The number of likely N-dealkylation sites (N-methyl/N-ethyl adjacent to an activating group) is 1. The second-order valence-electron chi connectivity index (χ2n) is 10.8. The van der Waals surface area contributed by atoms with Crippen LogP contribution < -0.4 is 10.6 Å². The first kappa shape index (κ1) is 27.0. The van der Waals surface area contributed by atoms with Gasteiger partial charge in [0.1, 0.15) is 30.1 Å². The van der Waals surface area contributed by atoms with Crippen molar-refractivity contribution in [1.82, 2.24) is 15.3 Å². The van der Waals surface area contributed by atoms with E-state index in [1.807, 2.05) is 57.2 Å². The first-order valence-electron chi connectivity index (χ1n) is 13.9. The van der Waals surface area contributed by atoms with Crippen molar-refractivity contribution >= 4 is 23.6 Å². The molecule has 41 heavy (non-hydrogen) atoms. The molecule has 2 N–H and O–H groups in total. The molecule has 0 saturated carbocycles. The predicted octanol–water partition coefficient (Wildman–Crippen LogP) is 3.82. The quantitative estimate of drug-likeness (QED) is 0.431. The van der Waals surface area contributed by atoms with E-state index in [-0.39, 0.29) is 17.6 Å². The lowest BCUT2D eigenvalue weighted by Crippen LogP contribution is -2.42. The molecule has 6 rings (SSSR count). The van der Waals surface area contributed by atoms with E-state index in [2.05, 4.69) is 55.9 Å². The van der Waals surface area contributed by atoms with Crippen molar-refractivity contribution < 1.29 is 19.0 Å². The molecule has 2 aromatic carbocycles. The average molecular weight is 553 g/mol. The van der Waals surface area contributed by atoms with Crippen LogP contribution in [-0.4, -0.2) is 65.4 Å². The predicted molar refractivity (Wildman–Crippen MR) is 152 cm³/mol. The van der Waals surface area contributed by atoms with Crippen molar-refractivity contribution in [3.05, 3.63) is 83.3 Å². The van der Waals surface area contributed by atoms with Gasteiger partial charge in [0.25, 0.3) is 5.91 Å². The van der Waals surface area contributed by atoms with Crippen molar-refractivity contribution in [3.63, 3.8) is 0 Å². The number of hydrogen-bond acceptors (Lipinski definition) is 9. The number of rotatable bonds is 8. The molecule has 0 bridgehead atoms. The monoisotopic (exact) mass is 552 g/mol. The van der Waals surface area contributed by atoms with Crippen LogP contribution in [0.5, 0.6) is 0 Å². The smallest absolute Gasteiger partial charge is 0.251 e. The van der Waals surface area contributed by atoms with Gasteiger partial charge in [-0.05, 0) is 31.9 Å². The Kier molecular flexibility index (Phi) is 7.26. The number of nitriles is 1. The minimum atomic E-state index is -0.874. The molecule has 4 heterocycles. The summed E-state index contributed by atoms with van der Waals surface area (Å²) < 4.78 is 18.6. The number of nitrogens with zero attached hydrogens (tertiary/aromatic N) is 4. The van der Waals surface area contributed by atoms with E-state index in [9.17, 15) is 10.1 Å². The largest absolute Gasteiger partial charge is 0.367 e. The van der Waals surface area contributed by atoms with Gasteiger partial charge in [-0.1, -0.05) is 60.7 Å². The molecule has 0 aliphatic carbocycles. The van der Waals surface area contributed by atoms with Crippen LogP contribution in [0.3, 0.4) is 0 Å². The maximum absolute atomic E-state index is 12.9. The molecule has 10 heteroatoms. The van der Waals surface area contributed by atoms with Gasteiger partial charge in [-0.3, -0.25) is 9.79 Å². The molecule has 5 atom stereocenters. The number of ether oxygens (including phenoxy) is 3. The average Bonchev–Trinajstić information content (AvgIpc) is 3.64. The summed E-state index contributed by atoms with van der Waals surface area (Å²) in [4.78, 5) is 26.6. The lowest BCUT2D eigenvalue weighted by molar-refractivity contribution is -0.189. The zero-order valence-electron chi connectivity index (χ0n) is 23.2. The molecule has 1 unspecified atom stereocenters. The van der Waals surface area contributed by atoms with E-state index in [0.717, 1.165) is 11.1 Å². The molecular formula is C31H32N6O4. The second-order valence-corrected chi connectivity index (χ2v) is 10.8. The van der Waals surface area contributed by atoms with Crippen molar-refractivity contribution in [2.75, 3.05) is 18.4 Å². The third-order valence-corrected chi connectivity index (χ3v) is 7.62. The molecule has 1 amide bonds. The summed E-state index contributed by atoms with van der Waals surface area (Å²) in [5, 5.41) is 16.1. The minimum Gasteiger partial charge on any atom is -0.367 e. The molecule has 210 valence electrons. The van der Waals surface area contributed by atoms with Crippen LogP contribution in [0.1, 0.15) is 55.3 Å². The number of amides is 1. The fourth-order valence-electron chi connectivity index (χ4n) is 5.87. The number of hydrogen-bond donors (Lipinski definition) is 2. The first-order valence-corrected chi connectivity index (χ1v) is 13.9. The maximum Gasteiger partial charge on any atom is 0.251 e. The third-order valence-electron chi connectivity index (χ3n) is 7.62. The van der Waals surface area contributed by atoms with Gasteiger partial charge in [0.05, 0.1) is 11.6 Å². The standard InChI is InChI=1S/C31H32N6O4/c1-4-33-30(38)28-27-26(40-31(2,3)41-27)25(39-28)21-17-34-24-23(21)36-22(15-32)37-29(24)35-16-20(18-11-7-5-8-12-18)19-13-9-6-10-14-19/h5-14,17,20-21,25-28H,4,16H2,1-3H3,(H,33,38)(H,35,36,37)/t21?,25-,26-,27-,28-/m0/s1. The molecule has 3 aliphatic rings. The van der Waals surface area contributed by atoms with E-state index < -0.39 is 36.1 Å². The van der Waals surface area contributed by atoms with Crippen LogP contribution in [-0.2, 0) is 19.0 Å². The molecule has 2 saturated heterocycles. The fourth-order valence-corrected chi connectivity index (χ4v) is 5.87. The summed E-state index contributed by atoms with van der Waals surface area (Å²) in [6, 6.07) is 22.6. The van der Waals surface area contributed by atoms with Crippen LogP contribution in [0.4, 0.5) is 11.5 Å². The number of carbonyl (C=O) groups is 1.